The number of ether oxygens (including phenoxy) is 2. The standard InChI is InChI=1S/C13H21NO4/c1-5-17-11(15)10-8-6-14(7-9(8)10)12(16)18-13(2,3)4/h8-10H,5-7H2,1-4H3/t8-,9+,10?. The minimum atomic E-state index is -0.468. The van der Waals surface area contributed by atoms with Crippen molar-refractivity contribution < 1.29 is 19.1 Å². The van der Waals surface area contributed by atoms with Crippen molar-refractivity contribution in [1.29, 1.82) is 0 Å². The zero-order valence-corrected chi connectivity index (χ0v) is 11.4. The molecule has 0 spiro atoms. The van der Waals surface area contributed by atoms with Crippen molar-refractivity contribution in [2.45, 2.75) is 33.3 Å². The number of rotatable bonds is 2. The van der Waals surface area contributed by atoms with Crippen LogP contribution in [0.1, 0.15) is 27.7 Å². The molecule has 1 heterocycles. The first-order valence-corrected chi connectivity index (χ1v) is 6.48. The fourth-order valence-corrected chi connectivity index (χ4v) is 2.59. The van der Waals surface area contributed by atoms with E-state index in [-0.39, 0.29) is 29.8 Å². The second-order valence-electron chi connectivity index (χ2n) is 5.99. The zero-order chi connectivity index (χ0) is 13.5. The van der Waals surface area contributed by atoms with Crippen LogP contribution in [0.3, 0.4) is 0 Å². The van der Waals surface area contributed by atoms with Crippen molar-refractivity contribution in [2.24, 2.45) is 17.8 Å². The van der Waals surface area contributed by atoms with Gasteiger partial charge in [0.2, 0.25) is 0 Å². The molecule has 18 heavy (non-hydrogen) atoms. The Hall–Kier alpha value is -1.26. The van der Waals surface area contributed by atoms with E-state index in [1.165, 1.54) is 0 Å². The van der Waals surface area contributed by atoms with Crippen molar-refractivity contribution in [1.82, 2.24) is 4.90 Å². The Labute approximate surface area is 107 Å². The largest absolute Gasteiger partial charge is 0.466 e. The first-order chi connectivity index (χ1) is 8.33. The van der Waals surface area contributed by atoms with Crippen molar-refractivity contribution in [3.63, 3.8) is 0 Å². The molecule has 1 unspecified atom stereocenters. The lowest BCUT2D eigenvalue weighted by molar-refractivity contribution is -0.145. The van der Waals surface area contributed by atoms with E-state index in [0.717, 1.165) is 0 Å². The van der Waals surface area contributed by atoms with Gasteiger partial charge in [-0.15, -0.1) is 0 Å². The molecule has 0 N–H and O–H groups in total. The molecule has 102 valence electrons. The lowest BCUT2D eigenvalue weighted by Crippen LogP contribution is -2.37. The van der Waals surface area contributed by atoms with E-state index in [4.69, 9.17) is 9.47 Å². The normalized spacial score (nSPS) is 29.8. The number of hydrogen-bond acceptors (Lipinski definition) is 4. The summed E-state index contributed by atoms with van der Waals surface area (Å²) in [5, 5.41) is 0. The average Bonchev–Trinajstić information content (AvgIpc) is 2.72. The molecule has 5 heteroatoms. The quantitative estimate of drug-likeness (QED) is 0.704. The monoisotopic (exact) mass is 255 g/mol. The van der Waals surface area contributed by atoms with Gasteiger partial charge >= 0.3 is 12.1 Å². The third kappa shape index (κ3) is 2.60. The molecule has 0 aromatic rings. The van der Waals surface area contributed by atoms with Gasteiger partial charge in [0.25, 0.3) is 0 Å². The Morgan fingerprint density at radius 2 is 1.78 bits per heavy atom. The Morgan fingerprint density at radius 1 is 1.22 bits per heavy atom. The summed E-state index contributed by atoms with van der Waals surface area (Å²) < 4.78 is 10.3. The second-order valence-corrected chi connectivity index (χ2v) is 5.99. The Bertz CT molecular complexity index is 348. The van der Waals surface area contributed by atoms with Gasteiger partial charge < -0.3 is 14.4 Å². The first kappa shape index (κ1) is 13.2. The summed E-state index contributed by atoms with van der Waals surface area (Å²) in [4.78, 5) is 25.1. The van der Waals surface area contributed by atoms with Crippen LogP contribution in [0.5, 0.6) is 0 Å². The highest BCUT2D eigenvalue weighted by Gasteiger charge is 2.61. The highest BCUT2D eigenvalue weighted by Crippen LogP contribution is 2.52. The number of carbonyl (C=O) groups is 2. The molecule has 0 aromatic carbocycles. The number of nitrogens with zero attached hydrogens (tertiary/aromatic N) is 1. The molecule has 1 aliphatic heterocycles. The highest BCUT2D eigenvalue weighted by atomic mass is 16.6. The van der Waals surface area contributed by atoms with Crippen LogP contribution in [0.4, 0.5) is 4.79 Å². The van der Waals surface area contributed by atoms with Crippen molar-refractivity contribution in [2.75, 3.05) is 19.7 Å². The van der Waals surface area contributed by atoms with Gasteiger partial charge in [0, 0.05) is 13.1 Å². The van der Waals surface area contributed by atoms with E-state index in [9.17, 15) is 9.59 Å². The predicted octanol–water partition coefficient (Wildman–Crippen LogP) is 1.66. The molecular formula is C13H21NO4. The number of carbonyl (C=O) groups excluding carboxylic acids is 2. The topological polar surface area (TPSA) is 55.8 Å². The fraction of sp³-hybridized carbons (Fsp3) is 0.846. The van der Waals surface area contributed by atoms with Crippen molar-refractivity contribution >= 4 is 12.1 Å². The Balaban J connectivity index is 1.81. The van der Waals surface area contributed by atoms with Gasteiger partial charge in [-0.1, -0.05) is 0 Å². The molecule has 2 aliphatic rings. The lowest BCUT2D eigenvalue weighted by atomic mass is 10.2. The molecule has 0 aromatic heterocycles. The van der Waals surface area contributed by atoms with Crippen LogP contribution in [0, 0.1) is 17.8 Å². The Kier molecular flexibility index (Phi) is 3.25. The molecule has 1 amide bonds. The van der Waals surface area contributed by atoms with Crippen molar-refractivity contribution in [3.05, 3.63) is 0 Å². The van der Waals surface area contributed by atoms with Crippen LogP contribution in [-0.4, -0.2) is 42.3 Å². The molecule has 1 saturated heterocycles. The number of amides is 1. The summed E-state index contributed by atoms with van der Waals surface area (Å²) in [6.45, 7) is 9.01. The molecule has 2 fully saturated rings. The van der Waals surface area contributed by atoms with Crippen LogP contribution >= 0.6 is 0 Å². The number of esters is 1. The smallest absolute Gasteiger partial charge is 0.410 e. The SMILES string of the molecule is CCOC(=O)C1[C@H]2CN(C(=O)OC(C)(C)C)C[C@@H]12. The number of fused-ring (bicyclic) bond motifs is 1. The van der Waals surface area contributed by atoms with Gasteiger partial charge in [0.05, 0.1) is 12.5 Å². The summed E-state index contributed by atoms with van der Waals surface area (Å²) in [7, 11) is 0. The van der Waals surface area contributed by atoms with E-state index in [1.807, 2.05) is 27.7 Å². The molecule has 0 bridgehead atoms. The molecule has 3 atom stereocenters. The van der Waals surface area contributed by atoms with Gasteiger partial charge in [-0.25, -0.2) is 4.79 Å². The molecule has 2 rings (SSSR count). The highest BCUT2D eigenvalue weighted by molar-refractivity contribution is 5.78. The minimum Gasteiger partial charge on any atom is -0.466 e. The first-order valence-electron chi connectivity index (χ1n) is 6.48. The third-order valence-corrected chi connectivity index (χ3v) is 3.40. The van der Waals surface area contributed by atoms with Crippen LogP contribution in [0.25, 0.3) is 0 Å². The van der Waals surface area contributed by atoms with E-state index in [1.54, 1.807) is 4.90 Å². The molecule has 1 aliphatic carbocycles. The summed E-state index contributed by atoms with van der Waals surface area (Å²) >= 11 is 0. The van der Waals surface area contributed by atoms with E-state index >= 15 is 0 Å². The maximum absolute atomic E-state index is 11.8. The van der Waals surface area contributed by atoms with E-state index < -0.39 is 5.60 Å². The fourth-order valence-electron chi connectivity index (χ4n) is 2.59. The predicted molar refractivity (Wildman–Crippen MR) is 64.9 cm³/mol. The summed E-state index contributed by atoms with van der Waals surface area (Å²) in [6, 6.07) is 0. The minimum absolute atomic E-state index is 0.00337. The number of piperidine rings is 1. The number of likely N-dealkylation sites (tertiary alicyclic amines) is 1. The summed E-state index contributed by atoms with van der Waals surface area (Å²) in [6.07, 6.45) is -0.280. The van der Waals surface area contributed by atoms with Gasteiger partial charge in [0.15, 0.2) is 0 Å². The van der Waals surface area contributed by atoms with Gasteiger partial charge in [0.1, 0.15) is 5.60 Å². The molecule has 0 radical (unpaired) electrons. The summed E-state index contributed by atoms with van der Waals surface area (Å²) in [5.74, 6) is 0.438. The second kappa shape index (κ2) is 4.44. The lowest BCUT2D eigenvalue weighted by Gasteiger charge is -2.25. The van der Waals surface area contributed by atoms with E-state index in [2.05, 4.69) is 0 Å². The van der Waals surface area contributed by atoms with Gasteiger partial charge in [-0.05, 0) is 39.5 Å². The van der Waals surface area contributed by atoms with Crippen LogP contribution in [0.2, 0.25) is 0 Å². The van der Waals surface area contributed by atoms with Crippen LogP contribution in [0.15, 0.2) is 0 Å². The Morgan fingerprint density at radius 3 is 2.22 bits per heavy atom. The van der Waals surface area contributed by atoms with E-state index in [0.29, 0.717) is 19.7 Å². The molecular weight excluding hydrogens is 234 g/mol. The zero-order valence-electron chi connectivity index (χ0n) is 11.4. The molecule has 5 nitrogen and oxygen atoms in total. The van der Waals surface area contributed by atoms with Crippen LogP contribution in [-0.2, 0) is 14.3 Å². The van der Waals surface area contributed by atoms with Gasteiger partial charge in [-0.2, -0.15) is 0 Å². The average molecular weight is 255 g/mol. The number of hydrogen-bond donors (Lipinski definition) is 0. The summed E-state index contributed by atoms with van der Waals surface area (Å²) in [5.41, 5.74) is -0.468. The van der Waals surface area contributed by atoms with Crippen LogP contribution < -0.4 is 0 Å². The van der Waals surface area contributed by atoms with Gasteiger partial charge in [-0.3, -0.25) is 4.79 Å². The van der Waals surface area contributed by atoms with Crippen molar-refractivity contribution in [3.8, 4) is 0 Å². The third-order valence-electron chi connectivity index (χ3n) is 3.40. The maximum Gasteiger partial charge on any atom is 0.410 e. The maximum atomic E-state index is 11.8. The molecule has 1 saturated carbocycles.